The van der Waals surface area contributed by atoms with Gasteiger partial charge in [-0.3, -0.25) is 4.72 Å². The van der Waals surface area contributed by atoms with Gasteiger partial charge in [0.15, 0.2) is 0 Å². The van der Waals surface area contributed by atoms with E-state index in [4.69, 9.17) is 0 Å². The quantitative estimate of drug-likeness (QED) is 0.643. The van der Waals surface area contributed by atoms with Crippen LogP contribution in [-0.4, -0.2) is 13.4 Å². The Balaban J connectivity index is 1.74. The number of nitrogens with zero attached hydrogens (tertiary/aromatic N) is 1. The van der Waals surface area contributed by atoms with E-state index in [1.165, 1.54) is 11.8 Å². The summed E-state index contributed by atoms with van der Waals surface area (Å²) in [4.78, 5) is 4.55. The van der Waals surface area contributed by atoms with Crippen molar-refractivity contribution in [3.8, 4) is 0 Å². The van der Waals surface area contributed by atoms with Crippen LogP contribution in [0.3, 0.4) is 0 Å². The molecule has 0 unspecified atom stereocenters. The van der Waals surface area contributed by atoms with E-state index in [1.807, 2.05) is 38.1 Å². The van der Waals surface area contributed by atoms with Crippen molar-refractivity contribution >= 4 is 27.2 Å². The molecule has 1 heterocycles. The van der Waals surface area contributed by atoms with Crippen LogP contribution in [0, 0.1) is 13.8 Å². The first kappa shape index (κ1) is 18.9. The summed E-state index contributed by atoms with van der Waals surface area (Å²) in [5.41, 5.74) is 4.84. The van der Waals surface area contributed by atoms with E-state index in [9.17, 15) is 8.42 Å². The minimum atomic E-state index is -3.63. The number of anilines is 3. The predicted molar refractivity (Wildman–Crippen MR) is 110 cm³/mol. The van der Waals surface area contributed by atoms with Crippen molar-refractivity contribution in [3.05, 3.63) is 77.5 Å². The molecule has 0 amide bonds. The molecular weight excluding hydrogens is 358 g/mol. The summed E-state index contributed by atoms with van der Waals surface area (Å²) in [5, 5.41) is 3.26. The molecule has 0 saturated heterocycles. The van der Waals surface area contributed by atoms with Crippen LogP contribution in [0.15, 0.2) is 65.7 Å². The van der Waals surface area contributed by atoms with E-state index in [0.717, 1.165) is 23.2 Å². The van der Waals surface area contributed by atoms with Gasteiger partial charge in [0.05, 0.1) is 16.8 Å². The van der Waals surface area contributed by atoms with Gasteiger partial charge in [-0.2, -0.15) is 0 Å². The normalized spacial score (nSPS) is 11.2. The Morgan fingerprint density at radius 1 is 0.963 bits per heavy atom. The van der Waals surface area contributed by atoms with Crippen LogP contribution in [0.5, 0.6) is 0 Å². The molecule has 3 aromatic rings. The second-order valence-electron chi connectivity index (χ2n) is 6.41. The highest BCUT2D eigenvalue weighted by Crippen LogP contribution is 2.23. The number of pyridine rings is 1. The zero-order valence-electron chi connectivity index (χ0n) is 15.7. The van der Waals surface area contributed by atoms with Crippen molar-refractivity contribution in [1.29, 1.82) is 0 Å². The van der Waals surface area contributed by atoms with Crippen molar-refractivity contribution < 1.29 is 8.42 Å². The Kier molecular flexibility index (Phi) is 5.46. The number of benzene rings is 2. The Labute approximate surface area is 160 Å². The molecule has 6 heteroatoms. The molecule has 0 aliphatic heterocycles. The monoisotopic (exact) mass is 381 g/mol. The molecule has 0 radical (unpaired) electrons. The van der Waals surface area contributed by atoms with Gasteiger partial charge in [-0.15, -0.1) is 0 Å². The van der Waals surface area contributed by atoms with Gasteiger partial charge in [0.1, 0.15) is 5.82 Å². The Morgan fingerprint density at radius 3 is 2.33 bits per heavy atom. The first-order chi connectivity index (χ1) is 12.9. The lowest BCUT2D eigenvalue weighted by Gasteiger charge is -2.12. The third kappa shape index (κ3) is 4.46. The molecule has 0 saturated carbocycles. The lowest BCUT2D eigenvalue weighted by molar-refractivity contribution is 0.601. The lowest BCUT2D eigenvalue weighted by atomic mass is 10.1. The van der Waals surface area contributed by atoms with Crippen LogP contribution in [0.2, 0.25) is 0 Å². The van der Waals surface area contributed by atoms with Gasteiger partial charge < -0.3 is 5.32 Å². The summed E-state index contributed by atoms with van der Waals surface area (Å²) in [7, 11) is -3.63. The van der Waals surface area contributed by atoms with Crippen molar-refractivity contribution in [2.75, 3.05) is 10.0 Å². The topological polar surface area (TPSA) is 71.1 Å². The van der Waals surface area contributed by atoms with E-state index < -0.39 is 10.0 Å². The average Bonchev–Trinajstić information content (AvgIpc) is 2.67. The SMILES string of the molecule is CCc1ccc(S(=O)(=O)Nc2ccc(Nc3cccc(C)c3C)nc2)cc1. The summed E-state index contributed by atoms with van der Waals surface area (Å²) < 4.78 is 27.6. The third-order valence-electron chi connectivity index (χ3n) is 4.52. The van der Waals surface area contributed by atoms with Crippen LogP contribution < -0.4 is 10.0 Å². The number of aromatic nitrogens is 1. The zero-order chi connectivity index (χ0) is 19.4. The fourth-order valence-electron chi connectivity index (χ4n) is 2.67. The Bertz CT molecular complexity index is 1030. The fourth-order valence-corrected chi connectivity index (χ4v) is 3.71. The van der Waals surface area contributed by atoms with Gasteiger partial charge in [0.2, 0.25) is 0 Å². The van der Waals surface area contributed by atoms with E-state index in [0.29, 0.717) is 11.5 Å². The molecule has 5 nitrogen and oxygen atoms in total. The first-order valence-corrected chi connectivity index (χ1v) is 10.3. The van der Waals surface area contributed by atoms with Crippen LogP contribution in [0.4, 0.5) is 17.2 Å². The maximum absolute atomic E-state index is 12.5. The molecule has 140 valence electrons. The highest BCUT2D eigenvalue weighted by Gasteiger charge is 2.14. The maximum Gasteiger partial charge on any atom is 0.261 e. The van der Waals surface area contributed by atoms with Crippen molar-refractivity contribution in [2.45, 2.75) is 32.1 Å². The molecule has 0 spiro atoms. The minimum absolute atomic E-state index is 0.234. The molecule has 0 aliphatic rings. The highest BCUT2D eigenvalue weighted by atomic mass is 32.2. The van der Waals surface area contributed by atoms with Crippen molar-refractivity contribution in [1.82, 2.24) is 4.98 Å². The van der Waals surface area contributed by atoms with Gasteiger partial charge in [0, 0.05) is 5.69 Å². The molecular formula is C21H23N3O2S. The summed E-state index contributed by atoms with van der Waals surface area (Å²) in [6.45, 7) is 6.13. The largest absolute Gasteiger partial charge is 0.340 e. The molecule has 27 heavy (non-hydrogen) atoms. The third-order valence-corrected chi connectivity index (χ3v) is 5.92. The molecule has 0 fully saturated rings. The Morgan fingerprint density at radius 2 is 1.70 bits per heavy atom. The first-order valence-electron chi connectivity index (χ1n) is 8.80. The standard InChI is InChI=1S/C21H23N3O2S/c1-4-17-8-11-19(12-9-17)27(25,26)24-18-10-13-21(22-14-18)23-20-7-5-6-15(2)16(20)3/h5-14,24H,4H2,1-3H3,(H,22,23). The summed E-state index contributed by atoms with van der Waals surface area (Å²) in [6.07, 6.45) is 2.37. The predicted octanol–water partition coefficient (Wildman–Crippen LogP) is 4.81. The van der Waals surface area contributed by atoms with E-state index in [1.54, 1.807) is 24.3 Å². The van der Waals surface area contributed by atoms with Crippen molar-refractivity contribution in [3.63, 3.8) is 0 Å². The summed E-state index contributed by atoms with van der Waals surface area (Å²) >= 11 is 0. The molecule has 3 rings (SSSR count). The van der Waals surface area contributed by atoms with Gasteiger partial charge in [-0.25, -0.2) is 13.4 Å². The molecule has 0 aliphatic carbocycles. The minimum Gasteiger partial charge on any atom is -0.340 e. The van der Waals surface area contributed by atoms with Gasteiger partial charge in [0.25, 0.3) is 10.0 Å². The van der Waals surface area contributed by atoms with Crippen molar-refractivity contribution in [2.24, 2.45) is 0 Å². The summed E-state index contributed by atoms with van der Waals surface area (Å²) in [6, 6.07) is 16.3. The maximum atomic E-state index is 12.5. The van der Waals surface area contributed by atoms with E-state index in [-0.39, 0.29) is 4.90 Å². The fraction of sp³-hybridized carbons (Fsp3) is 0.190. The number of hydrogen-bond donors (Lipinski definition) is 2. The number of hydrogen-bond acceptors (Lipinski definition) is 4. The number of rotatable bonds is 6. The molecule has 0 atom stereocenters. The molecule has 2 aromatic carbocycles. The number of nitrogens with one attached hydrogen (secondary N) is 2. The van der Waals surface area contributed by atoms with Crippen LogP contribution in [0.1, 0.15) is 23.6 Å². The zero-order valence-corrected chi connectivity index (χ0v) is 16.5. The molecule has 2 N–H and O–H groups in total. The summed E-state index contributed by atoms with van der Waals surface area (Å²) in [5.74, 6) is 0.652. The second kappa shape index (κ2) is 7.80. The van der Waals surface area contributed by atoms with Crippen LogP contribution in [-0.2, 0) is 16.4 Å². The number of aryl methyl sites for hydroxylation is 2. The van der Waals surface area contributed by atoms with Gasteiger partial charge in [-0.05, 0) is 67.3 Å². The smallest absolute Gasteiger partial charge is 0.261 e. The number of sulfonamides is 1. The average molecular weight is 382 g/mol. The van der Waals surface area contributed by atoms with E-state index >= 15 is 0 Å². The Hall–Kier alpha value is -2.86. The molecule has 0 bridgehead atoms. The van der Waals surface area contributed by atoms with Gasteiger partial charge >= 0.3 is 0 Å². The van der Waals surface area contributed by atoms with Gasteiger partial charge in [-0.1, -0.05) is 31.2 Å². The van der Waals surface area contributed by atoms with Crippen LogP contribution in [0.25, 0.3) is 0 Å². The van der Waals surface area contributed by atoms with Crippen LogP contribution >= 0.6 is 0 Å². The lowest BCUT2D eigenvalue weighted by Crippen LogP contribution is -2.13. The second-order valence-corrected chi connectivity index (χ2v) is 8.09. The van der Waals surface area contributed by atoms with E-state index in [2.05, 4.69) is 28.0 Å². The highest BCUT2D eigenvalue weighted by molar-refractivity contribution is 7.92. The molecule has 1 aromatic heterocycles.